The van der Waals surface area contributed by atoms with E-state index in [1.807, 2.05) is 0 Å². The average molecular weight is 445 g/mol. The third kappa shape index (κ3) is 3.65. The van der Waals surface area contributed by atoms with Crippen molar-refractivity contribution in [3.8, 4) is 0 Å². The highest BCUT2D eigenvalue weighted by Gasteiger charge is 2.63. The molecule has 0 heterocycles. The molecule has 0 bridgehead atoms. The van der Waals surface area contributed by atoms with Crippen molar-refractivity contribution in [1.82, 2.24) is 0 Å². The minimum Gasteiger partial charge on any atom is -0.390 e. The van der Waals surface area contributed by atoms with E-state index in [9.17, 15) is 15.0 Å². The molecule has 3 nitrogen and oxygen atoms in total. The van der Waals surface area contributed by atoms with Crippen molar-refractivity contribution in [1.29, 1.82) is 0 Å². The van der Waals surface area contributed by atoms with E-state index in [1.165, 1.54) is 44.1 Å². The summed E-state index contributed by atoms with van der Waals surface area (Å²) in [6, 6.07) is 0. The molecule has 0 aliphatic heterocycles. The SMILES string of the molecule is C=C(CCC(O)C(C)(C)O)[C@H]1CC[C@@]2(C)[C@@H]1CC[C@H]1[C@H]2CCC2C(C)(C)C(=O)CC[C@@]21C. The van der Waals surface area contributed by atoms with Crippen LogP contribution in [-0.4, -0.2) is 27.7 Å². The van der Waals surface area contributed by atoms with Crippen molar-refractivity contribution in [2.24, 2.45) is 45.8 Å². The second-order valence-corrected chi connectivity index (χ2v) is 13.7. The van der Waals surface area contributed by atoms with Gasteiger partial charge in [-0.3, -0.25) is 4.79 Å². The molecule has 4 aliphatic carbocycles. The van der Waals surface area contributed by atoms with Crippen molar-refractivity contribution < 1.29 is 15.0 Å². The van der Waals surface area contributed by atoms with Crippen LogP contribution in [0.1, 0.15) is 106 Å². The second-order valence-electron chi connectivity index (χ2n) is 13.7. The Kier molecular flexibility index (Phi) is 6.07. The minimum atomic E-state index is -1.05. The molecule has 0 spiro atoms. The van der Waals surface area contributed by atoms with E-state index >= 15 is 0 Å². The summed E-state index contributed by atoms with van der Waals surface area (Å²) in [6.45, 7) is 17.4. The van der Waals surface area contributed by atoms with Gasteiger partial charge in [0.1, 0.15) is 5.78 Å². The first kappa shape index (κ1) is 24.5. The lowest BCUT2D eigenvalue weighted by Gasteiger charge is -2.64. The van der Waals surface area contributed by atoms with Crippen molar-refractivity contribution in [3.63, 3.8) is 0 Å². The van der Waals surface area contributed by atoms with Crippen LogP contribution in [0, 0.1) is 45.8 Å². The number of rotatable bonds is 5. The van der Waals surface area contributed by atoms with Gasteiger partial charge < -0.3 is 10.2 Å². The molecule has 4 fully saturated rings. The predicted molar refractivity (Wildman–Crippen MR) is 130 cm³/mol. The molecule has 4 rings (SSSR count). The van der Waals surface area contributed by atoms with Crippen molar-refractivity contribution in [2.45, 2.75) is 117 Å². The van der Waals surface area contributed by atoms with Crippen LogP contribution in [0.3, 0.4) is 0 Å². The summed E-state index contributed by atoms with van der Waals surface area (Å²) >= 11 is 0. The van der Waals surface area contributed by atoms with E-state index in [1.54, 1.807) is 13.8 Å². The first-order chi connectivity index (χ1) is 14.7. The number of aliphatic hydroxyl groups excluding tert-OH is 1. The van der Waals surface area contributed by atoms with Gasteiger partial charge in [-0.25, -0.2) is 0 Å². The van der Waals surface area contributed by atoms with Crippen molar-refractivity contribution >= 4 is 5.78 Å². The molecular weight excluding hydrogens is 396 g/mol. The van der Waals surface area contributed by atoms with Gasteiger partial charge in [-0.15, -0.1) is 0 Å². The minimum absolute atomic E-state index is 0.163. The molecule has 0 amide bonds. The number of hydrogen-bond donors (Lipinski definition) is 2. The predicted octanol–water partition coefficient (Wildman–Crippen LogP) is 6.32. The van der Waals surface area contributed by atoms with Gasteiger partial charge in [-0.1, -0.05) is 39.8 Å². The highest BCUT2D eigenvalue weighted by molar-refractivity contribution is 5.85. The van der Waals surface area contributed by atoms with Crippen LogP contribution in [0.15, 0.2) is 12.2 Å². The number of Topliss-reactive ketones (excluding diaryl/α,β-unsaturated/α-hetero) is 1. The maximum absolute atomic E-state index is 12.8. The van der Waals surface area contributed by atoms with E-state index in [0.717, 1.165) is 31.1 Å². The zero-order valence-electron chi connectivity index (χ0n) is 21.5. The number of hydrogen-bond acceptors (Lipinski definition) is 3. The van der Waals surface area contributed by atoms with E-state index < -0.39 is 11.7 Å². The lowest BCUT2D eigenvalue weighted by atomic mass is 9.40. The average Bonchev–Trinajstić information content (AvgIpc) is 3.06. The molecule has 4 aliphatic rings. The van der Waals surface area contributed by atoms with Crippen LogP contribution >= 0.6 is 0 Å². The van der Waals surface area contributed by atoms with Crippen LogP contribution < -0.4 is 0 Å². The molecular formula is C29H48O3. The maximum atomic E-state index is 12.8. The van der Waals surface area contributed by atoms with Gasteiger partial charge >= 0.3 is 0 Å². The van der Waals surface area contributed by atoms with E-state index in [0.29, 0.717) is 40.8 Å². The van der Waals surface area contributed by atoms with Crippen LogP contribution in [0.25, 0.3) is 0 Å². The van der Waals surface area contributed by atoms with Gasteiger partial charge in [0.25, 0.3) is 0 Å². The third-order valence-corrected chi connectivity index (χ3v) is 11.4. The molecule has 182 valence electrons. The number of carbonyl (C=O) groups is 1. The second kappa shape index (κ2) is 7.94. The smallest absolute Gasteiger partial charge is 0.138 e. The van der Waals surface area contributed by atoms with E-state index in [-0.39, 0.29) is 5.41 Å². The lowest BCUT2D eigenvalue weighted by molar-refractivity contribution is -0.168. The monoisotopic (exact) mass is 444 g/mol. The topological polar surface area (TPSA) is 57.5 Å². The first-order valence-electron chi connectivity index (χ1n) is 13.3. The molecule has 8 atom stereocenters. The molecule has 2 unspecified atom stereocenters. The standard InChI is InChI=1S/C29H48O3/c1-18(8-13-25(31)27(4,5)32)19-14-16-28(6)20(19)9-10-22-21(28)11-12-23-26(2,3)24(30)15-17-29(22,23)7/h19-23,25,31-32H,1,8-17H2,2-7H3/t19-,20-,21-,22+,23?,25?,28+,29-/m1/s1. The lowest BCUT2D eigenvalue weighted by Crippen LogP contribution is -2.59. The summed E-state index contributed by atoms with van der Waals surface area (Å²) in [4.78, 5) is 12.8. The summed E-state index contributed by atoms with van der Waals surface area (Å²) in [6.07, 6.45) is 10.2. The highest BCUT2D eigenvalue weighted by Crippen LogP contribution is 2.70. The van der Waals surface area contributed by atoms with Gasteiger partial charge in [0.2, 0.25) is 0 Å². The Labute approximate surface area is 196 Å². The number of aliphatic hydroxyl groups is 2. The van der Waals surface area contributed by atoms with Crippen LogP contribution in [0.5, 0.6) is 0 Å². The summed E-state index contributed by atoms with van der Waals surface area (Å²) in [5.74, 6) is 3.81. The molecule has 2 N–H and O–H groups in total. The number of carbonyl (C=O) groups excluding carboxylic acids is 1. The maximum Gasteiger partial charge on any atom is 0.138 e. The van der Waals surface area contributed by atoms with Crippen molar-refractivity contribution in [2.75, 3.05) is 0 Å². The molecule has 0 aromatic rings. The van der Waals surface area contributed by atoms with Crippen LogP contribution in [0.2, 0.25) is 0 Å². The summed E-state index contributed by atoms with van der Waals surface area (Å²) in [5.41, 5.74) is 0.769. The molecule has 3 heteroatoms. The van der Waals surface area contributed by atoms with Gasteiger partial charge in [-0.05, 0) is 112 Å². The summed E-state index contributed by atoms with van der Waals surface area (Å²) in [5, 5.41) is 20.4. The Bertz CT molecular complexity index is 761. The van der Waals surface area contributed by atoms with E-state index in [4.69, 9.17) is 0 Å². The summed E-state index contributed by atoms with van der Waals surface area (Å²) < 4.78 is 0. The number of fused-ring (bicyclic) bond motifs is 5. The zero-order chi connectivity index (χ0) is 23.7. The normalized spacial score (nSPS) is 44.4. The first-order valence-corrected chi connectivity index (χ1v) is 13.3. The molecule has 32 heavy (non-hydrogen) atoms. The molecule has 0 saturated heterocycles. The Morgan fingerprint density at radius 3 is 2.25 bits per heavy atom. The van der Waals surface area contributed by atoms with Gasteiger partial charge in [0.15, 0.2) is 0 Å². The fourth-order valence-corrected chi connectivity index (χ4v) is 9.37. The molecule has 0 aromatic carbocycles. The Morgan fingerprint density at radius 2 is 1.59 bits per heavy atom. The molecule has 0 aromatic heterocycles. The zero-order valence-corrected chi connectivity index (χ0v) is 21.5. The van der Waals surface area contributed by atoms with E-state index in [2.05, 4.69) is 34.3 Å². The van der Waals surface area contributed by atoms with Crippen LogP contribution in [-0.2, 0) is 4.79 Å². The fourth-order valence-electron chi connectivity index (χ4n) is 9.37. The van der Waals surface area contributed by atoms with Gasteiger partial charge in [0, 0.05) is 11.8 Å². The fraction of sp³-hybridized carbons (Fsp3) is 0.897. The van der Waals surface area contributed by atoms with Crippen LogP contribution in [0.4, 0.5) is 0 Å². The number of allylic oxidation sites excluding steroid dienone is 1. The Balaban J connectivity index is 1.50. The van der Waals surface area contributed by atoms with Gasteiger partial charge in [0.05, 0.1) is 11.7 Å². The highest BCUT2D eigenvalue weighted by atomic mass is 16.3. The molecule has 4 saturated carbocycles. The number of ketones is 1. The Hall–Kier alpha value is -0.670. The van der Waals surface area contributed by atoms with Gasteiger partial charge in [-0.2, -0.15) is 0 Å². The third-order valence-electron chi connectivity index (χ3n) is 11.4. The largest absolute Gasteiger partial charge is 0.390 e. The Morgan fingerprint density at radius 1 is 1.00 bits per heavy atom. The molecule has 0 radical (unpaired) electrons. The summed E-state index contributed by atoms with van der Waals surface area (Å²) in [7, 11) is 0. The van der Waals surface area contributed by atoms with Crippen molar-refractivity contribution in [3.05, 3.63) is 12.2 Å². The quantitative estimate of drug-likeness (QED) is 0.488.